The van der Waals surface area contributed by atoms with E-state index in [0.717, 1.165) is 0 Å². The van der Waals surface area contributed by atoms with Gasteiger partial charge in [0, 0.05) is 12.1 Å². The molecule has 0 heterocycles. The monoisotopic (exact) mass is 266 g/mol. The Bertz CT molecular complexity index is 474. The lowest BCUT2D eigenvalue weighted by atomic mass is 10.1. The predicted molar refractivity (Wildman–Crippen MR) is 70.7 cm³/mol. The number of esters is 1. The van der Waals surface area contributed by atoms with E-state index in [-0.39, 0.29) is 36.1 Å². The zero-order valence-electron chi connectivity index (χ0n) is 11.0. The number of phenols is 1. The van der Waals surface area contributed by atoms with Crippen LogP contribution in [0.3, 0.4) is 0 Å². The van der Waals surface area contributed by atoms with Gasteiger partial charge in [-0.25, -0.2) is 0 Å². The van der Waals surface area contributed by atoms with E-state index in [1.807, 2.05) is 0 Å². The maximum Gasteiger partial charge on any atom is 0.325 e. The number of anilines is 1. The molecule has 0 spiro atoms. The third kappa shape index (κ3) is 3.87. The van der Waals surface area contributed by atoms with Crippen molar-refractivity contribution in [1.29, 1.82) is 0 Å². The Kier molecular flexibility index (Phi) is 5.17. The fraction of sp³-hybridized carbons (Fsp3) is 0.385. The van der Waals surface area contributed by atoms with Gasteiger partial charge in [0.15, 0.2) is 0 Å². The highest BCUT2D eigenvalue weighted by Gasteiger charge is 2.18. The van der Waals surface area contributed by atoms with Crippen LogP contribution in [0, 0.1) is 0 Å². The van der Waals surface area contributed by atoms with Crippen LogP contribution in [0.25, 0.3) is 0 Å². The fourth-order valence-corrected chi connectivity index (χ4v) is 1.55. The van der Waals surface area contributed by atoms with Crippen LogP contribution < -0.4 is 5.73 Å². The van der Waals surface area contributed by atoms with Crippen LogP contribution in [0.2, 0.25) is 0 Å². The van der Waals surface area contributed by atoms with E-state index in [1.165, 1.54) is 23.1 Å². The molecule has 0 unspecified atom stereocenters. The predicted octanol–water partition coefficient (Wildman–Crippen LogP) is 1.000. The lowest BCUT2D eigenvalue weighted by Crippen LogP contribution is -2.36. The molecule has 0 aliphatic carbocycles. The number of benzene rings is 1. The molecule has 104 valence electrons. The van der Waals surface area contributed by atoms with Crippen molar-refractivity contribution >= 4 is 17.6 Å². The Morgan fingerprint density at radius 1 is 1.37 bits per heavy atom. The summed E-state index contributed by atoms with van der Waals surface area (Å²) in [6.07, 6.45) is 0. The topological polar surface area (TPSA) is 92.9 Å². The highest BCUT2D eigenvalue weighted by atomic mass is 16.5. The molecule has 3 N–H and O–H groups in total. The standard InChI is InChI=1S/C13H18N2O4/c1-3-15(8-12(17)19-4-2)13(18)9-5-6-10(14)11(16)7-9/h5-7,16H,3-4,8,14H2,1-2H3. The molecule has 1 aromatic carbocycles. The molecule has 0 aliphatic heterocycles. The minimum atomic E-state index is -0.461. The number of likely N-dealkylation sites (N-methyl/N-ethyl adjacent to an activating group) is 1. The first kappa shape index (κ1) is 14.8. The number of aromatic hydroxyl groups is 1. The fourth-order valence-electron chi connectivity index (χ4n) is 1.55. The van der Waals surface area contributed by atoms with Gasteiger partial charge in [-0.2, -0.15) is 0 Å². The van der Waals surface area contributed by atoms with Crippen molar-refractivity contribution in [2.75, 3.05) is 25.4 Å². The average molecular weight is 266 g/mol. The lowest BCUT2D eigenvalue weighted by molar-refractivity contribution is -0.143. The zero-order valence-corrected chi connectivity index (χ0v) is 11.0. The van der Waals surface area contributed by atoms with Gasteiger partial charge in [-0.1, -0.05) is 0 Å². The van der Waals surface area contributed by atoms with Gasteiger partial charge in [0.05, 0.1) is 12.3 Å². The molecular weight excluding hydrogens is 248 g/mol. The van der Waals surface area contributed by atoms with Gasteiger partial charge >= 0.3 is 5.97 Å². The van der Waals surface area contributed by atoms with Gasteiger partial charge in [0.2, 0.25) is 0 Å². The van der Waals surface area contributed by atoms with Crippen molar-refractivity contribution in [2.45, 2.75) is 13.8 Å². The molecule has 19 heavy (non-hydrogen) atoms. The van der Waals surface area contributed by atoms with Gasteiger partial charge in [-0.3, -0.25) is 9.59 Å². The number of rotatable bonds is 5. The zero-order chi connectivity index (χ0) is 14.4. The minimum Gasteiger partial charge on any atom is -0.506 e. The number of nitrogens with two attached hydrogens (primary N) is 1. The van der Waals surface area contributed by atoms with Gasteiger partial charge in [0.1, 0.15) is 12.3 Å². The molecule has 0 fully saturated rings. The largest absolute Gasteiger partial charge is 0.506 e. The molecule has 0 bridgehead atoms. The van der Waals surface area contributed by atoms with Crippen LogP contribution in [0.1, 0.15) is 24.2 Å². The molecule has 0 radical (unpaired) electrons. The second-order valence-electron chi connectivity index (χ2n) is 3.90. The summed E-state index contributed by atoms with van der Waals surface area (Å²) in [5.41, 5.74) is 5.94. The quantitative estimate of drug-likeness (QED) is 0.471. The summed E-state index contributed by atoms with van der Waals surface area (Å²) >= 11 is 0. The molecule has 0 atom stereocenters. The molecule has 6 nitrogen and oxygen atoms in total. The Balaban J connectivity index is 2.83. The number of carbonyl (C=O) groups excluding carboxylic acids is 2. The normalized spacial score (nSPS) is 10.0. The summed E-state index contributed by atoms with van der Waals surface area (Å²) in [6.45, 7) is 3.98. The SMILES string of the molecule is CCOC(=O)CN(CC)C(=O)c1ccc(N)c(O)c1. The first-order chi connectivity index (χ1) is 8.99. The van der Waals surface area contributed by atoms with Crippen molar-refractivity contribution in [3.05, 3.63) is 23.8 Å². The number of nitrogen functional groups attached to an aromatic ring is 1. The van der Waals surface area contributed by atoms with E-state index in [9.17, 15) is 14.7 Å². The first-order valence-electron chi connectivity index (χ1n) is 6.03. The number of hydrogen-bond donors (Lipinski definition) is 2. The summed E-state index contributed by atoms with van der Waals surface area (Å²) in [5.74, 6) is -0.971. The van der Waals surface area contributed by atoms with Crippen molar-refractivity contribution in [1.82, 2.24) is 4.90 Å². The van der Waals surface area contributed by atoms with Crippen LogP contribution in [0.15, 0.2) is 18.2 Å². The highest BCUT2D eigenvalue weighted by molar-refractivity contribution is 5.96. The number of carbonyl (C=O) groups is 2. The molecular formula is C13H18N2O4. The second kappa shape index (κ2) is 6.63. The Morgan fingerprint density at radius 2 is 2.05 bits per heavy atom. The summed E-state index contributed by atoms with van der Waals surface area (Å²) in [4.78, 5) is 24.9. The molecule has 1 rings (SSSR count). The second-order valence-corrected chi connectivity index (χ2v) is 3.90. The third-order valence-corrected chi connectivity index (χ3v) is 2.57. The molecule has 0 aromatic heterocycles. The van der Waals surface area contributed by atoms with E-state index in [4.69, 9.17) is 10.5 Å². The summed E-state index contributed by atoms with van der Waals surface area (Å²) in [6, 6.07) is 4.23. The first-order valence-corrected chi connectivity index (χ1v) is 6.03. The molecule has 6 heteroatoms. The van der Waals surface area contributed by atoms with Crippen molar-refractivity contribution in [3.8, 4) is 5.75 Å². The maximum atomic E-state index is 12.1. The number of ether oxygens (including phenoxy) is 1. The molecule has 0 saturated heterocycles. The number of nitrogens with zero attached hydrogens (tertiary/aromatic N) is 1. The summed E-state index contributed by atoms with van der Waals surface area (Å²) in [5, 5.41) is 9.48. The number of phenolic OH excluding ortho intramolecular Hbond substituents is 1. The van der Waals surface area contributed by atoms with Gasteiger partial charge in [-0.15, -0.1) is 0 Å². The Morgan fingerprint density at radius 3 is 2.58 bits per heavy atom. The smallest absolute Gasteiger partial charge is 0.325 e. The van der Waals surface area contributed by atoms with E-state index in [2.05, 4.69) is 0 Å². The van der Waals surface area contributed by atoms with Crippen LogP contribution in [0.4, 0.5) is 5.69 Å². The van der Waals surface area contributed by atoms with Gasteiger partial charge in [0.25, 0.3) is 5.91 Å². The maximum absolute atomic E-state index is 12.1. The average Bonchev–Trinajstić information content (AvgIpc) is 2.38. The Hall–Kier alpha value is -2.24. The van der Waals surface area contributed by atoms with Crippen LogP contribution >= 0.6 is 0 Å². The van der Waals surface area contributed by atoms with Crippen molar-refractivity contribution in [2.24, 2.45) is 0 Å². The summed E-state index contributed by atoms with van der Waals surface area (Å²) in [7, 11) is 0. The molecule has 1 aromatic rings. The van der Waals surface area contributed by atoms with E-state index in [0.29, 0.717) is 6.54 Å². The highest BCUT2D eigenvalue weighted by Crippen LogP contribution is 2.21. The Labute approximate surface area is 111 Å². The summed E-state index contributed by atoms with van der Waals surface area (Å²) < 4.78 is 4.80. The van der Waals surface area contributed by atoms with Crippen LogP contribution in [-0.2, 0) is 9.53 Å². The van der Waals surface area contributed by atoms with Crippen LogP contribution in [-0.4, -0.2) is 41.6 Å². The van der Waals surface area contributed by atoms with Gasteiger partial charge < -0.3 is 20.5 Å². The van der Waals surface area contributed by atoms with Gasteiger partial charge in [-0.05, 0) is 32.0 Å². The molecule has 0 saturated carbocycles. The van der Waals surface area contributed by atoms with Crippen molar-refractivity contribution < 1.29 is 19.4 Å². The van der Waals surface area contributed by atoms with E-state index < -0.39 is 5.97 Å². The van der Waals surface area contributed by atoms with Crippen LogP contribution in [0.5, 0.6) is 5.75 Å². The third-order valence-electron chi connectivity index (χ3n) is 2.57. The van der Waals surface area contributed by atoms with E-state index >= 15 is 0 Å². The minimum absolute atomic E-state index is 0.117. The van der Waals surface area contributed by atoms with Crippen molar-refractivity contribution in [3.63, 3.8) is 0 Å². The van der Waals surface area contributed by atoms with E-state index in [1.54, 1.807) is 13.8 Å². The molecule has 0 aliphatic rings. The number of hydrogen-bond acceptors (Lipinski definition) is 5. The molecule has 1 amide bonds. The number of amides is 1. The lowest BCUT2D eigenvalue weighted by Gasteiger charge is -2.20.